The molecule has 1 atom stereocenters. The van der Waals surface area contributed by atoms with E-state index in [-0.39, 0.29) is 0 Å². The molecule has 2 nitrogen and oxygen atoms in total. The second-order valence-electron chi connectivity index (χ2n) is 5.61. The van der Waals surface area contributed by atoms with E-state index in [1.807, 2.05) is 6.07 Å². The molecule has 2 heteroatoms. The smallest absolute Gasteiger partial charge is 0.119 e. The molecule has 18 heavy (non-hydrogen) atoms. The molecular formula is C16H27NO. The molecule has 0 aromatic heterocycles. The van der Waals surface area contributed by atoms with Crippen molar-refractivity contribution in [3.05, 3.63) is 29.8 Å². The highest BCUT2D eigenvalue weighted by Crippen LogP contribution is 2.26. The van der Waals surface area contributed by atoms with E-state index in [4.69, 9.17) is 4.74 Å². The number of hydrogen-bond donors (Lipinski definition) is 0. The SMILES string of the molecule is CC(C)C(C)c1cccc(OCCCN(C)C)c1. The largest absolute Gasteiger partial charge is 0.494 e. The van der Waals surface area contributed by atoms with E-state index in [9.17, 15) is 0 Å². The van der Waals surface area contributed by atoms with Crippen LogP contribution in [0.2, 0.25) is 0 Å². The molecule has 0 aliphatic carbocycles. The van der Waals surface area contributed by atoms with Gasteiger partial charge in [0.2, 0.25) is 0 Å². The second-order valence-corrected chi connectivity index (χ2v) is 5.61. The number of rotatable bonds is 7. The van der Waals surface area contributed by atoms with Crippen molar-refractivity contribution >= 4 is 0 Å². The van der Waals surface area contributed by atoms with Crippen molar-refractivity contribution in [2.24, 2.45) is 5.92 Å². The molecule has 0 saturated heterocycles. The number of benzene rings is 1. The Morgan fingerprint density at radius 1 is 1.17 bits per heavy atom. The fourth-order valence-electron chi connectivity index (χ4n) is 1.84. The number of hydrogen-bond acceptors (Lipinski definition) is 2. The summed E-state index contributed by atoms with van der Waals surface area (Å²) in [6.07, 6.45) is 1.07. The molecular weight excluding hydrogens is 222 g/mol. The standard InChI is InChI=1S/C16H27NO/c1-13(2)14(3)15-8-6-9-16(12-15)18-11-7-10-17(4)5/h6,8-9,12-14H,7,10-11H2,1-5H3. The summed E-state index contributed by atoms with van der Waals surface area (Å²) in [6, 6.07) is 8.51. The highest BCUT2D eigenvalue weighted by molar-refractivity contribution is 5.30. The van der Waals surface area contributed by atoms with Gasteiger partial charge in [-0.2, -0.15) is 0 Å². The zero-order chi connectivity index (χ0) is 13.5. The summed E-state index contributed by atoms with van der Waals surface area (Å²) in [4.78, 5) is 2.18. The van der Waals surface area contributed by atoms with Crippen LogP contribution >= 0.6 is 0 Å². The van der Waals surface area contributed by atoms with Crippen LogP contribution in [-0.2, 0) is 0 Å². The molecule has 0 fully saturated rings. The summed E-state index contributed by atoms with van der Waals surface area (Å²) < 4.78 is 5.80. The summed E-state index contributed by atoms with van der Waals surface area (Å²) in [6.45, 7) is 8.65. The van der Waals surface area contributed by atoms with Crippen molar-refractivity contribution in [3.8, 4) is 5.75 Å². The van der Waals surface area contributed by atoms with E-state index in [2.05, 4.69) is 58.0 Å². The Morgan fingerprint density at radius 3 is 2.50 bits per heavy atom. The van der Waals surface area contributed by atoms with Gasteiger partial charge in [0.25, 0.3) is 0 Å². The number of nitrogens with zero attached hydrogens (tertiary/aromatic N) is 1. The molecule has 0 bridgehead atoms. The van der Waals surface area contributed by atoms with Crippen LogP contribution in [-0.4, -0.2) is 32.1 Å². The third kappa shape index (κ3) is 5.09. The van der Waals surface area contributed by atoms with Crippen molar-refractivity contribution in [2.75, 3.05) is 27.2 Å². The summed E-state index contributed by atoms with van der Waals surface area (Å²) in [5.41, 5.74) is 1.37. The maximum Gasteiger partial charge on any atom is 0.119 e. The van der Waals surface area contributed by atoms with E-state index in [1.54, 1.807) is 0 Å². The zero-order valence-electron chi connectivity index (χ0n) is 12.4. The van der Waals surface area contributed by atoms with Gasteiger partial charge in [-0.05, 0) is 50.0 Å². The molecule has 0 spiro atoms. The second kappa shape index (κ2) is 7.42. The molecule has 0 aliphatic rings. The van der Waals surface area contributed by atoms with Gasteiger partial charge < -0.3 is 9.64 Å². The quantitative estimate of drug-likeness (QED) is 0.682. The van der Waals surface area contributed by atoms with E-state index >= 15 is 0 Å². The molecule has 0 saturated carbocycles. The Bertz CT molecular complexity index is 347. The lowest BCUT2D eigenvalue weighted by Crippen LogP contribution is -2.15. The molecule has 0 amide bonds. The van der Waals surface area contributed by atoms with Crippen molar-refractivity contribution in [1.29, 1.82) is 0 Å². The Labute approximate surface area is 112 Å². The van der Waals surface area contributed by atoms with Crippen molar-refractivity contribution < 1.29 is 4.74 Å². The Hall–Kier alpha value is -1.02. The topological polar surface area (TPSA) is 12.5 Å². The van der Waals surface area contributed by atoms with Crippen LogP contribution in [0.3, 0.4) is 0 Å². The molecule has 0 radical (unpaired) electrons. The molecule has 1 aromatic carbocycles. The van der Waals surface area contributed by atoms with Gasteiger partial charge in [0.1, 0.15) is 5.75 Å². The maximum absolute atomic E-state index is 5.80. The van der Waals surface area contributed by atoms with Crippen molar-refractivity contribution in [1.82, 2.24) is 4.90 Å². The maximum atomic E-state index is 5.80. The van der Waals surface area contributed by atoms with Crippen LogP contribution in [0.25, 0.3) is 0 Å². The monoisotopic (exact) mass is 249 g/mol. The molecule has 102 valence electrons. The first-order valence-electron chi connectivity index (χ1n) is 6.88. The van der Waals surface area contributed by atoms with Crippen LogP contribution in [0.4, 0.5) is 0 Å². The lowest BCUT2D eigenvalue weighted by Gasteiger charge is -2.17. The van der Waals surface area contributed by atoms with E-state index < -0.39 is 0 Å². The first-order chi connectivity index (χ1) is 8.50. The Balaban J connectivity index is 2.49. The molecule has 0 heterocycles. The zero-order valence-corrected chi connectivity index (χ0v) is 12.4. The predicted octanol–water partition coefficient (Wildman–Crippen LogP) is 3.78. The predicted molar refractivity (Wildman–Crippen MR) is 78.4 cm³/mol. The van der Waals surface area contributed by atoms with E-state index in [0.717, 1.165) is 25.3 Å². The molecule has 0 aliphatic heterocycles. The van der Waals surface area contributed by atoms with Gasteiger partial charge in [0.15, 0.2) is 0 Å². The first kappa shape index (κ1) is 15.0. The first-order valence-corrected chi connectivity index (χ1v) is 6.88. The average molecular weight is 249 g/mol. The highest BCUT2D eigenvalue weighted by Gasteiger charge is 2.10. The fourth-order valence-corrected chi connectivity index (χ4v) is 1.84. The van der Waals surface area contributed by atoms with Gasteiger partial charge >= 0.3 is 0 Å². The van der Waals surface area contributed by atoms with Gasteiger partial charge in [-0.15, -0.1) is 0 Å². The third-order valence-electron chi connectivity index (χ3n) is 3.40. The van der Waals surface area contributed by atoms with E-state index in [1.165, 1.54) is 5.56 Å². The minimum Gasteiger partial charge on any atom is -0.494 e. The van der Waals surface area contributed by atoms with Crippen LogP contribution < -0.4 is 4.74 Å². The minimum atomic E-state index is 0.579. The molecule has 1 unspecified atom stereocenters. The lowest BCUT2D eigenvalue weighted by atomic mass is 9.90. The summed E-state index contributed by atoms with van der Waals surface area (Å²) in [7, 11) is 4.18. The van der Waals surface area contributed by atoms with Crippen molar-refractivity contribution in [2.45, 2.75) is 33.1 Å². The van der Waals surface area contributed by atoms with Crippen LogP contribution in [0, 0.1) is 5.92 Å². The van der Waals surface area contributed by atoms with Gasteiger partial charge in [-0.3, -0.25) is 0 Å². The highest BCUT2D eigenvalue weighted by atomic mass is 16.5. The summed E-state index contributed by atoms with van der Waals surface area (Å²) in [5.74, 6) is 2.24. The minimum absolute atomic E-state index is 0.579. The molecule has 1 rings (SSSR count). The van der Waals surface area contributed by atoms with Crippen LogP contribution in [0.5, 0.6) is 5.75 Å². The van der Waals surface area contributed by atoms with Gasteiger partial charge in [-0.25, -0.2) is 0 Å². The van der Waals surface area contributed by atoms with Crippen LogP contribution in [0.1, 0.15) is 38.7 Å². The Kier molecular flexibility index (Phi) is 6.20. The summed E-state index contributed by atoms with van der Waals surface area (Å²) in [5, 5.41) is 0. The lowest BCUT2D eigenvalue weighted by molar-refractivity contribution is 0.281. The fraction of sp³-hybridized carbons (Fsp3) is 0.625. The normalized spacial score (nSPS) is 13.1. The number of ether oxygens (including phenoxy) is 1. The van der Waals surface area contributed by atoms with Gasteiger partial charge in [0.05, 0.1) is 6.61 Å². The molecule has 1 aromatic rings. The van der Waals surface area contributed by atoms with E-state index in [0.29, 0.717) is 11.8 Å². The van der Waals surface area contributed by atoms with Crippen molar-refractivity contribution in [3.63, 3.8) is 0 Å². The van der Waals surface area contributed by atoms with Gasteiger partial charge in [0, 0.05) is 6.54 Å². The van der Waals surface area contributed by atoms with Crippen LogP contribution in [0.15, 0.2) is 24.3 Å². The van der Waals surface area contributed by atoms with Gasteiger partial charge in [-0.1, -0.05) is 32.9 Å². The third-order valence-corrected chi connectivity index (χ3v) is 3.40. The molecule has 0 N–H and O–H groups in total. The summed E-state index contributed by atoms with van der Waals surface area (Å²) >= 11 is 0. The Morgan fingerprint density at radius 2 is 1.89 bits per heavy atom. The average Bonchev–Trinajstić information content (AvgIpc) is 2.33.